The van der Waals surface area contributed by atoms with Gasteiger partial charge in [0.05, 0.1) is 12.6 Å². The van der Waals surface area contributed by atoms with Gasteiger partial charge in [-0.2, -0.15) is 5.10 Å². The van der Waals surface area contributed by atoms with E-state index >= 15 is 0 Å². The topological polar surface area (TPSA) is 95.0 Å². The highest BCUT2D eigenvalue weighted by Crippen LogP contribution is 2.18. The molecular formula is C15H19N5O3S. The van der Waals surface area contributed by atoms with Crippen molar-refractivity contribution in [3.8, 4) is 0 Å². The number of aromatic nitrogens is 4. The van der Waals surface area contributed by atoms with Crippen molar-refractivity contribution in [2.45, 2.75) is 31.0 Å². The molecule has 3 aromatic rings. The summed E-state index contributed by atoms with van der Waals surface area (Å²) in [6.07, 6.45) is 7.97. The zero-order valence-electron chi connectivity index (χ0n) is 13.4. The van der Waals surface area contributed by atoms with Crippen molar-refractivity contribution >= 4 is 10.0 Å². The third-order valence-electron chi connectivity index (χ3n) is 3.63. The number of rotatable bonds is 7. The lowest BCUT2D eigenvalue weighted by Gasteiger charge is -2.15. The smallest absolute Gasteiger partial charge is 0.259 e. The van der Waals surface area contributed by atoms with Crippen LogP contribution in [0.2, 0.25) is 0 Å². The summed E-state index contributed by atoms with van der Waals surface area (Å²) in [5, 5.41) is 4.17. The maximum Gasteiger partial charge on any atom is 0.259 e. The Kier molecular flexibility index (Phi) is 4.54. The van der Waals surface area contributed by atoms with Gasteiger partial charge in [-0.05, 0) is 32.0 Å². The molecule has 0 radical (unpaired) electrons. The van der Waals surface area contributed by atoms with Crippen molar-refractivity contribution in [2.24, 2.45) is 0 Å². The number of imidazole rings is 1. The quantitative estimate of drug-likeness (QED) is 0.702. The standard InChI is InChI=1S/C15H19N5O3S/c1-12(2)19-10-15(16-11-19)24(21,22)18-9-13(14-5-3-8-23-14)20-7-4-6-17-20/h3-8,10-13,18H,9H2,1-2H3. The Hall–Kier alpha value is -2.39. The van der Waals surface area contributed by atoms with Crippen molar-refractivity contribution in [1.29, 1.82) is 0 Å². The molecule has 1 unspecified atom stereocenters. The molecule has 0 fully saturated rings. The van der Waals surface area contributed by atoms with Gasteiger partial charge in [-0.25, -0.2) is 18.1 Å². The molecule has 0 aromatic carbocycles. The molecule has 1 N–H and O–H groups in total. The number of sulfonamides is 1. The molecule has 0 amide bonds. The predicted octanol–water partition coefficient (Wildman–Crippen LogP) is 1.82. The van der Waals surface area contributed by atoms with E-state index in [1.807, 2.05) is 13.8 Å². The Labute approximate surface area is 140 Å². The van der Waals surface area contributed by atoms with Crippen LogP contribution in [0.25, 0.3) is 0 Å². The molecule has 1 atom stereocenters. The average Bonchev–Trinajstić information content (AvgIpc) is 3.30. The molecule has 0 aliphatic rings. The van der Waals surface area contributed by atoms with E-state index in [0.717, 1.165) is 0 Å². The summed E-state index contributed by atoms with van der Waals surface area (Å²) in [5.41, 5.74) is 0. The van der Waals surface area contributed by atoms with Gasteiger partial charge < -0.3 is 8.98 Å². The molecule has 9 heteroatoms. The fraction of sp³-hybridized carbons (Fsp3) is 0.333. The van der Waals surface area contributed by atoms with E-state index in [0.29, 0.717) is 5.76 Å². The van der Waals surface area contributed by atoms with Crippen LogP contribution in [0.1, 0.15) is 31.7 Å². The van der Waals surface area contributed by atoms with E-state index in [1.165, 1.54) is 12.5 Å². The zero-order chi connectivity index (χ0) is 17.2. The summed E-state index contributed by atoms with van der Waals surface area (Å²) < 4.78 is 36.3. The SMILES string of the molecule is CC(C)n1cnc(S(=O)(=O)NCC(c2ccco2)n2cccn2)c1. The molecular weight excluding hydrogens is 330 g/mol. The van der Waals surface area contributed by atoms with Crippen LogP contribution in [-0.2, 0) is 10.0 Å². The van der Waals surface area contributed by atoms with E-state index in [1.54, 1.807) is 46.1 Å². The number of hydrogen-bond donors (Lipinski definition) is 1. The van der Waals surface area contributed by atoms with Crippen molar-refractivity contribution < 1.29 is 12.8 Å². The molecule has 24 heavy (non-hydrogen) atoms. The first kappa shape index (κ1) is 16.5. The van der Waals surface area contributed by atoms with Crippen LogP contribution in [0.15, 0.2) is 58.8 Å². The molecule has 0 bridgehead atoms. The van der Waals surface area contributed by atoms with Gasteiger partial charge in [-0.3, -0.25) is 4.68 Å². The Balaban J connectivity index is 1.78. The fourth-order valence-electron chi connectivity index (χ4n) is 2.27. The summed E-state index contributed by atoms with van der Waals surface area (Å²) in [4.78, 5) is 3.98. The Morgan fingerprint density at radius 2 is 2.17 bits per heavy atom. The summed E-state index contributed by atoms with van der Waals surface area (Å²) in [7, 11) is -3.71. The van der Waals surface area contributed by atoms with Crippen molar-refractivity contribution in [3.63, 3.8) is 0 Å². The normalized spacial score (nSPS) is 13.5. The first-order chi connectivity index (χ1) is 11.5. The van der Waals surface area contributed by atoms with Crippen molar-refractivity contribution in [1.82, 2.24) is 24.1 Å². The summed E-state index contributed by atoms with van der Waals surface area (Å²) in [5.74, 6) is 0.620. The molecule has 0 saturated heterocycles. The van der Waals surface area contributed by atoms with Crippen LogP contribution in [0.4, 0.5) is 0 Å². The van der Waals surface area contributed by atoms with Gasteiger partial charge in [0.25, 0.3) is 10.0 Å². The minimum atomic E-state index is -3.71. The van der Waals surface area contributed by atoms with E-state index in [9.17, 15) is 8.42 Å². The van der Waals surface area contributed by atoms with E-state index in [2.05, 4.69) is 14.8 Å². The highest BCUT2D eigenvalue weighted by molar-refractivity contribution is 7.89. The Morgan fingerprint density at radius 1 is 1.33 bits per heavy atom. The molecule has 3 rings (SSSR count). The van der Waals surface area contributed by atoms with Crippen LogP contribution in [-0.4, -0.2) is 34.3 Å². The van der Waals surface area contributed by atoms with Gasteiger partial charge in [-0.15, -0.1) is 0 Å². The lowest BCUT2D eigenvalue weighted by molar-refractivity contribution is 0.402. The van der Waals surface area contributed by atoms with Gasteiger partial charge in [0.1, 0.15) is 11.8 Å². The van der Waals surface area contributed by atoms with Gasteiger partial charge in [-0.1, -0.05) is 0 Å². The van der Waals surface area contributed by atoms with Crippen LogP contribution in [0.5, 0.6) is 0 Å². The van der Waals surface area contributed by atoms with Crippen LogP contribution in [0.3, 0.4) is 0 Å². The second-order valence-electron chi connectivity index (χ2n) is 5.62. The molecule has 0 aliphatic carbocycles. The van der Waals surface area contributed by atoms with E-state index < -0.39 is 10.0 Å². The second kappa shape index (κ2) is 6.62. The summed E-state index contributed by atoms with van der Waals surface area (Å²) >= 11 is 0. The largest absolute Gasteiger partial charge is 0.467 e. The Morgan fingerprint density at radius 3 is 2.75 bits per heavy atom. The average molecular weight is 349 g/mol. The van der Waals surface area contributed by atoms with Gasteiger partial charge in [0.2, 0.25) is 0 Å². The molecule has 0 saturated carbocycles. The van der Waals surface area contributed by atoms with Crippen LogP contribution in [0, 0.1) is 0 Å². The maximum atomic E-state index is 12.5. The number of nitrogens with one attached hydrogen (secondary N) is 1. The molecule has 0 aliphatic heterocycles. The third-order valence-corrected chi connectivity index (χ3v) is 4.94. The maximum absolute atomic E-state index is 12.5. The van der Waals surface area contributed by atoms with E-state index in [-0.39, 0.29) is 23.7 Å². The first-order valence-corrected chi connectivity index (χ1v) is 9.01. The predicted molar refractivity (Wildman–Crippen MR) is 86.9 cm³/mol. The summed E-state index contributed by atoms with van der Waals surface area (Å²) in [6, 6.07) is 5.08. The Bertz CT molecular complexity index is 832. The molecule has 0 spiro atoms. The van der Waals surface area contributed by atoms with E-state index in [4.69, 9.17) is 4.42 Å². The van der Waals surface area contributed by atoms with Gasteiger partial charge >= 0.3 is 0 Å². The van der Waals surface area contributed by atoms with Crippen molar-refractivity contribution in [2.75, 3.05) is 6.54 Å². The lowest BCUT2D eigenvalue weighted by Crippen LogP contribution is -2.31. The zero-order valence-corrected chi connectivity index (χ0v) is 14.2. The lowest BCUT2D eigenvalue weighted by atomic mass is 10.2. The van der Waals surface area contributed by atoms with Gasteiger partial charge in [0, 0.05) is 31.2 Å². The second-order valence-corrected chi connectivity index (χ2v) is 7.34. The number of nitrogens with zero attached hydrogens (tertiary/aromatic N) is 4. The van der Waals surface area contributed by atoms with Crippen molar-refractivity contribution in [3.05, 3.63) is 55.1 Å². The monoisotopic (exact) mass is 349 g/mol. The molecule has 128 valence electrons. The minimum absolute atomic E-state index is 0.00476. The van der Waals surface area contributed by atoms with Crippen LogP contribution < -0.4 is 4.72 Å². The molecule has 3 heterocycles. The third kappa shape index (κ3) is 3.41. The number of furan rings is 1. The van der Waals surface area contributed by atoms with Gasteiger partial charge in [0.15, 0.2) is 5.03 Å². The molecule has 3 aromatic heterocycles. The number of hydrogen-bond acceptors (Lipinski definition) is 5. The summed E-state index contributed by atoms with van der Waals surface area (Å²) in [6.45, 7) is 4.01. The molecule has 8 nitrogen and oxygen atoms in total. The van der Waals surface area contributed by atoms with Crippen LogP contribution >= 0.6 is 0 Å². The fourth-order valence-corrected chi connectivity index (χ4v) is 3.24. The highest BCUT2D eigenvalue weighted by Gasteiger charge is 2.23. The highest BCUT2D eigenvalue weighted by atomic mass is 32.2. The first-order valence-electron chi connectivity index (χ1n) is 7.53. The minimum Gasteiger partial charge on any atom is -0.467 e.